The van der Waals surface area contributed by atoms with E-state index in [1.54, 1.807) is 0 Å². The van der Waals surface area contributed by atoms with Crippen LogP contribution in [0.5, 0.6) is 0 Å². The highest BCUT2D eigenvalue weighted by Crippen LogP contribution is 2.57. The molecule has 618 valence electrons. The van der Waals surface area contributed by atoms with E-state index in [9.17, 15) is 10.5 Å². The Hall–Kier alpha value is -15.4. The number of hydrogen-bond acceptors (Lipinski definition) is 5. The minimum Gasteiger partial charge on any atom is -0.454 e. The Balaban J connectivity index is 0.951. The van der Waals surface area contributed by atoms with E-state index in [0.717, 1.165) is 189 Å². The first-order valence-corrected chi connectivity index (χ1v) is 45.0. The summed E-state index contributed by atoms with van der Waals surface area (Å²) in [5.41, 5.74) is 35.7. The second-order valence-corrected chi connectivity index (χ2v) is 39.5. The molecule has 6 heterocycles. The molecule has 9 heteroatoms. The molecule has 0 spiro atoms. The Bertz CT molecular complexity index is 8080. The predicted molar refractivity (Wildman–Crippen MR) is 542 cm³/mol. The second kappa shape index (κ2) is 29.1. The number of furan rings is 1. The number of anilines is 6. The average Bonchev–Trinajstić information content (AvgIpc) is 1.22. The van der Waals surface area contributed by atoms with E-state index in [-0.39, 0.29) is 21.7 Å². The van der Waals surface area contributed by atoms with E-state index in [1.807, 2.05) is 24.3 Å². The average molecular weight is 1660 g/mol. The summed E-state index contributed by atoms with van der Waals surface area (Å²) in [6, 6.07) is 136. The first-order valence-electron chi connectivity index (χ1n) is 45.0. The van der Waals surface area contributed by atoms with Gasteiger partial charge in [0, 0.05) is 77.1 Å². The van der Waals surface area contributed by atoms with Crippen molar-refractivity contribution in [3.05, 3.63) is 385 Å². The zero-order chi connectivity index (χ0) is 88.0. The van der Waals surface area contributed by atoms with Gasteiger partial charge in [0.15, 0.2) is 5.58 Å². The van der Waals surface area contributed by atoms with E-state index in [4.69, 9.17) is 4.42 Å². The Kier molecular flexibility index (Phi) is 17.7. The van der Waals surface area contributed by atoms with Crippen LogP contribution in [-0.2, 0) is 21.7 Å². The summed E-state index contributed by atoms with van der Waals surface area (Å²) in [5.74, 6) is 0. The number of benzene rings is 17. The van der Waals surface area contributed by atoms with Gasteiger partial charge in [-0.25, -0.2) is 0 Å². The van der Waals surface area contributed by atoms with Gasteiger partial charge in [-0.3, -0.25) is 0 Å². The number of para-hydroxylation sites is 1. The summed E-state index contributed by atoms with van der Waals surface area (Å²) < 4.78 is 15.6. The molecular weight excluding hydrogens is 1570 g/mol. The maximum absolute atomic E-state index is 10.9. The lowest BCUT2D eigenvalue weighted by Gasteiger charge is -2.45. The summed E-state index contributed by atoms with van der Waals surface area (Å²) in [6.45, 7) is 27.3. The van der Waals surface area contributed by atoms with Gasteiger partial charge < -0.3 is 27.9 Å². The number of hydrogen-bond donors (Lipinski definition) is 0. The van der Waals surface area contributed by atoms with Gasteiger partial charge in [-0.15, -0.1) is 0 Å². The van der Waals surface area contributed by atoms with Gasteiger partial charge in [0.1, 0.15) is 5.58 Å². The summed E-state index contributed by atoms with van der Waals surface area (Å²) >= 11 is 0. The van der Waals surface area contributed by atoms with Crippen LogP contribution in [0.15, 0.2) is 356 Å². The van der Waals surface area contributed by atoms with Crippen molar-refractivity contribution in [1.29, 1.82) is 10.5 Å². The van der Waals surface area contributed by atoms with Crippen LogP contribution in [0, 0.1) is 22.7 Å². The molecule has 8 nitrogen and oxygen atoms in total. The van der Waals surface area contributed by atoms with Gasteiger partial charge in [0.2, 0.25) is 0 Å². The molecule has 0 N–H and O–H groups in total. The molecule has 0 saturated carbocycles. The third-order valence-corrected chi connectivity index (χ3v) is 27.4. The van der Waals surface area contributed by atoms with Crippen molar-refractivity contribution in [2.75, 3.05) is 9.80 Å². The SMILES string of the molecule is CC(C)(C)c1ccc2c(c1)c1cc(C(C)(C)C)ccc1n2-c1ccc2c(c1)N(c1c(-c3ccccc3)cc(-c3ccccc3)cc1-c1ccccc1)c1cc(-n3c4ccc(C#N)cc4c4cc(C#N)ccc43)cc3c1B2c1cc(-n2c4ccc(C(C)(C)C)cc4c4cc(C(C)(C)C)ccc42)c2c(oc4ccccc42)c1N3c1ccc(-c2ccccc2)cc1-c1ccccc1. The van der Waals surface area contributed by atoms with Crippen molar-refractivity contribution in [3.63, 3.8) is 0 Å². The van der Waals surface area contributed by atoms with Crippen LogP contribution in [0.3, 0.4) is 0 Å². The highest BCUT2D eigenvalue weighted by molar-refractivity contribution is 7.00. The fourth-order valence-corrected chi connectivity index (χ4v) is 20.9. The molecule has 4 aromatic heterocycles. The van der Waals surface area contributed by atoms with E-state index in [0.29, 0.717) is 11.1 Å². The van der Waals surface area contributed by atoms with Crippen LogP contribution in [0.4, 0.5) is 34.1 Å². The predicted octanol–water partition coefficient (Wildman–Crippen LogP) is 30.2. The second-order valence-electron chi connectivity index (χ2n) is 39.5. The molecule has 2 aliphatic heterocycles. The van der Waals surface area contributed by atoms with Crippen molar-refractivity contribution in [2.24, 2.45) is 0 Å². The minimum absolute atomic E-state index is 0.134. The fraction of sp³-hybridized carbons (Fsp3) is 0.133. The van der Waals surface area contributed by atoms with Gasteiger partial charge >= 0.3 is 0 Å². The number of nitriles is 2. The minimum atomic E-state index is -0.538. The van der Waals surface area contributed by atoms with Crippen LogP contribution in [0.2, 0.25) is 0 Å². The molecule has 0 radical (unpaired) electrons. The largest absolute Gasteiger partial charge is 0.454 e. The Morgan fingerprint density at radius 3 is 1.10 bits per heavy atom. The van der Waals surface area contributed by atoms with E-state index in [1.165, 1.54) is 43.8 Å². The molecule has 17 aromatic carbocycles. The maximum atomic E-state index is 10.9. The molecule has 0 amide bonds. The molecule has 0 bridgehead atoms. The monoisotopic (exact) mass is 1660 g/mol. The molecule has 2 aliphatic rings. The topological polar surface area (TPSA) is 82.0 Å². The quantitative estimate of drug-likeness (QED) is 0.127. The van der Waals surface area contributed by atoms with Gasteiger partial charge in [-0.05, 0) is 245 Å². The molecular formula is C120H94BN7O. The lowest BCUT2D eigenvalue weighted by atomic mass is 9.33. The van der Waals surface area contributed by atoms with Gasteiger partial charge in [-0.2, -0.15) is 10.5 Å². The summed E-state index contributed by atoms with van der Waals surface area (Å²) in [6.07, 6.45) is 0. The van der Waals surface area contributed by atoms with Crippen LogP contribution < -0.4 is 26.2 Å². The smallest absolute Gasteiger partial charge is 0.252 e. The van der Waals surface area contributed by atoms with E-state index < -0.39 is 6.71 Å². The van der Waals surface area contributed by atoms with E-state index in [2.05, 4.69) is 446 Å². The normalized spacial score (nSPS) is 12.9. The number of rotatable bonds is 10. The van der Waals surface area contributed by atoms with Crippen molar-refractivity contribution in [1.82, 2.24) is 13.7 Å². The molecule has 0 fully saturated rings. The first kappa shape index (κ1) is 78.3. The van der Waals surface area contributed by atoms with Crippen molar-refractivity contribution >= 4 is 145 Å². The molecule has 21 aromatic rings. The van der Waals surface area contributed by atoms with Crippen molar-refractivity contribution < 1.29 is 4.42 Å². The van der Waals surface area contributed by atoms with E-state index >= 15 is 0 Å². The Labute approximate surface area is 752 Å². The van der Waals surface area contributed by atoms with Crippen LogP contribution in [-0.4, -0.2) is 20.4 Å². The Morgan fingerprint density at radius 2 is 0.643 bits per heavy atom. The summed E-state index contributed by atoms with van der Waals surface area (Å²) in [4.78, 5) is 5.26. The van der Waals surface area contributed by atoms with Gasteiger partial charge in [0.05, 0.1) is 90.2 Å². The molecule has 0 unspecified atom stereocenters. The third kappa shape index (κ3) is 12.5. The fourth-order valence-electron chi connectivity index (χ4n) is 20.9. The van der Waals surface area contributed by atoms with Crippen molar-refractivity contribution in [2.45, 2.75) is 105 Å². The van der Waals surface area contributed by atoms with Crippen LogP contribution in [0.25, 0.3) is 160 Å². The maximum Gasteiger partial charge on any atom is 0.252 e. The lowest BCUT2D eigenvalue weighted by Crippen LogP contribution is -2.61. The standard InChI is InChI=1S/C120H94BN7O/c1-117(2,3)82-45-54-103-94(63-82)95-64-83(118(4,5)6)46-55-104(95)124(103)86-49-50-98-107(67-86)128(114-90(78-36-24-16-25-37-78)61-81(76-32-20-14-21-33-76)62-91(114)79-38-26-17-27-39-79)110-69-87(125-101-51-42-73(71-122)58-92(101)93-59-74(72-123)43-52-102(93)125)68-109-113(110)121(98)99-70-108(126-105-56-47-84(119(7,8)9)65-96(105)97-66-85(120(10,11)12)48-57-106(97)126)112-88-40-28-29-41-111(88)129-116(112)115(99)127(109)100-53-44-80(75-30-18-13-19-31-75)60-89(100)77-34-22-15-23-35-77/h13-70H,1-12H3. The summed E-state index contributed by atoms with van der Waals surface area (Å²) in [5, 5.41) is 30.3. The molecule has 0 atom stereocenters. The lowest BCUT2D eigenvalue weighted by molar-refractivity contribution is 0.590. The van der Waals surface area contributed by atoms with Crippen molar-refractivity contribution in [3.8, 4) is 84.8 Å². The molecule has 0 aliphatic carbocycles. The number of aromatic nitrogens is 3. The number of nitrogens with zero attached hydrogens (tertiary/aromatic N) is 7. The van der Waals surface area contributed by atoms with Crippen LogP contribution >= 0.6 is 0 Å². The van der Waals surface area contributed by atoms with Crippen LogP contribution in [0.1, 0.15) is 116 Å². The number of fused-ring (bicyclic) bond motifs is 17. The summed E-state index contributed by atoms with van der Waals surface area (Å²) in [7, 11) is 0. The molecule has 23 rings (SSSR count). The first-order chi connectivity index (χ1) is 62.4. The van der Waals surface area contributed by atoms with Gasteiger partial charge in [0.25, 0.3) is 6.71 Å². The third-order valence-electron chi connectivity index (χ3n) is 27.4. The van der Waals surface area contributed by atoms with Gasteiger partial charge in [-0.1, -0.05) is 289 Å². The molecule has 0 saturated heterocycles. The Morgan fingerprint density at radius 1 is 0.264 bits per heavy atom. The zero-order valence-corrected chi connectivity index (χ0v) is 74.6. The highest BCUT2D eigenvalue weighted by Gasteiger charge is 2.48. The molecule has 129 heavy (non-hydrogen) atoms. The zero-order valence-electron chi connectivity index (χ0n) is 74.6. The highest BCUT2D eigenvalue weighted by atomic mass is 16.3.